The maximum absolute atomic E-state index is 11.8. The van der Waals surface area contributed by atoms with Crippen LogP contribution >= 0.6 is 0 Å². The quantitative estimate of drug-likeness (QED) is 0.248. The van der Waals surface area contributed by atoms with Gasteiger partial charge in [-0.25, -0.2) is 0 Å². The zero-order chi connectivity index (χ0) is 11.4. The van der Waals surface area contributed by atoms with E-state index in [0.717, 1.165) is 12.8 Å². The summed E-state index contributed by atoms with van der Waals surface area (Å²) in [6.07, 6.45) is 7.28. The Kier molecular flexibility index (Phi) is 3.47. The smallest absolute Gasteiger partial charge is 0.223 e. The van der Waals surface area contributed by atoms with Gasteiger partial charge in [-0.3, -0.25) is 4.79 Å². The van der Waals surface area contributed by atoms with Crippen molar-refractivity contribution in [3.05, 3.63) is 22.6 Å². The van der Waals surface area contributed by atoms with Crippen LogP contribution in [-0.4, -0.2) is 19.0 Å². The van der Waals surface area contributed by atoms with Crippen LogP contribution in [0.15, 0.2) is 17.3 Å². The topological polar surface area (TPSA) is 77.9 Å². The number of azide groups is 1. The Morgan fingerprint density at radius 2 is 2.38 bits per heavy atom. The van der Waals surface area contributed by atoms with Crippen LogP contribution in [0.3, 0.4) is 0 Å². The molecular weight excluding hydrogens is 204 g/mol. The van der Waals surface area contributed by atoms with Gasteiger partial charge in [0.15, 0.2) is 0 Å². The van der Waals surface area contributed by atoms with E-state index in [2.05, 4.69) is 27.5 Å². The largest absolute Gasteiger partial charge is 0.356 e. The molecule has 0 heterocycles. The fraction of sp³-hybridized carbons (Fsp3) is 0.727. The minimum Gasteiger partial charge on any atom is -0.356 e. The van der Waals surface area contributed by atoms with Gasteiger partial charge in [0.05, 0.1) is 0 Å². The maximum atomic E-state index is 11.8. The first kappa shape index (κ1) is 11.0. The molecule has 1 saturated carbocycles. The number of nitrogens with zero attached hydrogens (tertiary/aromatic N) is 3. The molecule has 1 amide bonds. The molecule has 0 aromatic heterocycles. The molecule has 1 N–H and O–H groups in total. The van der Waals surface area contributed by atoms with Crippen LogP contribution in [0.2, 0.25) is 0 Å². The predicted octanol–water partition coefficient (Wildman–Crippen LogP) is 2.02. The van der Waals surface area contributed by atoms with Gasteiger partial charge in [-0.2, -0.15) is 0 Å². The fourth-order valence-corrected chi connectivity index (χ4v) is 2.62. The first-order valence-corrected chi connectivity index (χ1v) is 5.78. The van der Waals surface area contributed by atoms with Crippen molar-refractivity contribution in [1.29, 1.82) is 0 Å². The highest BCUT2D eigenvalue weighted by atomic mass is 16.1. The molecule has 16 heavy (non-hydrogen) atoms. The summed E-state index contributed by atoms with van der Waals surface area (Å²) in [6.45, 7) is 1.06. The lowest BCUT2D eigenvalue weighted by molar-refractivity contribution is -0.125. The molecule has 1 fully saturated rings. The van der Waals surface area contributed by atoms with Gasteiger partial charge >= 0.3 is 0 Å². The molecule has 5 heteroatoms. The summed E-state index contributed by atoms with van der Waals surface area (Å²) in [6, 6.07) is 0. The maximum Gasteiger partial charge on any atom is 0.223 e. The monoisotopic (exact) mass is 220 g/mol. The Balaban J connectivity index is 1.69. The number of nitrogens with one attached hydrogen (secondary N) is 1. The van der Waals surface area contributed by atoms with E-state index in [1.54, 1.807) is 0 Å². The number of carbonyl (C=O) groups excluding carboxylic acids is 1. The van der Waals surface area contributed by atoms with Crippen LogP contribution in [0.4, 0.5) is 0 Å². The van der Waals surface area contributed by atoms with Crippen molar-refractivity contribution >= 4 is 5.91 Å². The van der Waals surface area contributed by atoms with E-state index in [1.165, 1.54) is 0 Å². The van der Waals surface area contributed by atoms with Gasteiger partial charge in [-0.15, -0.1) is 0 Å². The Morgan fingerprint density at radius 1 is 1.50 bits per heavy atom. The van der Waals surface area contributed by atoms with Crippen LogP contribution < -0.4 is 5.32 Å². The number of hydrogen-bond donors (Lipinski definition) is 1. The number of hydrogen-bond acceptors (Lipinski definition) is 2. The number of allylic oxidation sites excluding steroid dienone is 2. The normalized spacial score (nSPS) is 30.1. The zero-order valence-electron chi connectivity index (χ0n) is 9.17. The Morgan fingerprint density at radius 3 is 3.00 bits per heavy atom. The molecule has 2 bridgehead atoms. The van der Waals surface area contributed by atoms with Crippen LogP contribution in [0.25, 0.3) is 10.4 Å². The molecule has 2 aliphatic carbocycles. The lowest BCUT2D eigenvalue weighted by Gasteiger charge is -2.17. The highest BCUT2D eigenvalue weighted by Crippen LogP contribution is 2.43. The van der Waals surface area contributed by atoms with E-state index in [-0.39, 0.29) is 11.8 Å². The third-order valence-corrected chi connectivity index (χ3v) is 3.41. The van der Waals surface area contributed by atoms with Crippen molar-refractivity contribution in [2.24, 2.45) is 22.9 Å². The first-order valence-electron chi connectivity index (χ1n) is 5.78. The highest BCUT2D eigenvalue weighted by molar-refractivity contribution is 5.79. The van der Waals surface area contributed by atoms with Gasteiger partial charge < -0.3 is 5.32 Å². The van der Waals surface area contributed by atoms with Gasteiger partial charge in [0, 0.05) is 23.9 Å². The minimum absolute atomic E-state index is 0.165. The lowest BCUT2D eigenvalue weighted by Crippen LogP contribution is -2.33. The van der Waals surface area contributed by atoms with Gasteiger partial charge in [-0.05, 0) is 36.6 Å². The van der Waals surface area contributed by atoms with Crippen LogP contribution in [0.5, 0.6) is 0 Å². The van der Waals surface area contributed by atoms with Crippen molar-refractivity contribution in [1.82, 2.24) is 5.32 Å². The number of carbonyl (C=O) groups is 1. The van der Waals surface area contributed by atoms with Gasteiger partial charge in [0.2, 0.25) is 5.91 Å². The number of fused-ring (bicyclic) bond motifs is 2. The Bertz CT molecular complexity index is 346. The summed E-state index contributed by atoms with van der Waals surface area (Å²) in [5.74, 6) is 1.43. The molecule has 86 valence electrons. The van der Waals surface area contributed by atoms with Gasteiger partial charge in [-0.1, -0.05) is 17.3 Å². The molecule has 0 saturated heterocycles. The third-order valence-electron chi connectivity index (χ3n) is 3.41. The second kappa shape index (κ2) is 5.03. The van der Waals surface area contributed by atoms with Crippen LogP contribution in [-0.2, 0) is 4.79 Å². The molecular formula is C11H16N4O. The van der Waals surface area contributed by atoms with Crippen molar-refractivity contribution < 1.29 is 4.79 Å². The van der Waals surface area contributed by atoms with Crippen molar-refractivity contribution in [3.63, 3.8) is 0 Å². The summed E-state index contributed by atoms with van der Waals surface area (Å²) >= 11 is 0. The third kappa shape index (κ3) is 2.36. The molecule has 0 aliphatic heterocycles. The summed E-state index contributed by atoms with van der Waals surface area (Å²) in [4.78, 5) is 14.5. The second-order valence-electron chi connectivity index (χ2n) is 4.49. The van der Waals surface area contributed by atoms with Gasteiger partial charge in [0.1, 0.15) is 0 Å². The summed E-state index contributed by atoms with van der Waals surface area (Å²) in [5.41, 5.74) is 8.08. The van der Waals surface area contributed by atoms with E-state index in [9.17, 15) is 4.79 Å². The summed E-state index contributed by atoms with van der Waals surface area (Å²) in [5, 5.41) is 6.33. The van der Waals surface area contributed by atoms with Gasteiger partial charge in [0.25, 0.3) is 0 Å². The Hall–Kier alpha value is -1.48. The minimum atomic E-state index is 0.165. The lowest BCUT2D eigenvalue weighted by atomic mass is 9.93. The van der Waals surface area contributed by atoms with Crippen molar-refractivity contribution in [3.8, 4) is 0 Å². The summed E-state index contributed by atoms with van der Waals surface area (Å²) in [7, 11) is 0. The fourth-order valence-electron chi connectivity index (χ4n) is 2.62. The average Bonchev–Trinajstić information content (AvgIpc) is 2.90. The second-order valence-corrected chi connectivity index (χ2v) is 4.49. The number of amides is 1. The number of rotatable bonds is 5. The molecule has 0 aromatic rings. The molecule has 2 rings (SSSR count). The van der Waals surface area contributed by atoms with Crippen LogP contribution in [0, 0.1) is 17.8 Å². The molecule has 0 radical (unpaired) electrons. The van der Waals surface area contributed by atoms with E-state index >= 15 is 0 Å². The molecule has 2 aliphatic rings. The van der Waals surface area contributed by atoms with E-state index < -0.39 is 0 Å². The standard InChI is InChI=1S/C11H16N4O/c12-15-14-5-1-4-13-11(16)10-7-8-2-3-9(10)6-8/h2-3,8-10H,1,4-7H2,(H,13,16). The average molecular weight is 220 g/mol. The summed E-state index contributed by atoms with van der Waals surface area (Å²) < 4.78 is 0. The van der Waals surface area contributed by atoms with E-state index in [0.29, 0.717) is 31.3 Å². The highest BCUT2D eigenvalue weighted by Gasteiger charge is 2.39. The predicted molar refractivity (Wildman–Crippen MR) is 60.5 cm³/mol. The molecule has 3 atom stereocenters. The molecule has 0 aromatic carbocycles. The Labute approximate surface area is 94.5 Å². The molecule has 0 spiro atoms. The first-order chi connectivity index (χ1) is 7.81. The van der Waals surface area contributed by atoms with Crippen molar-refractivity contribution in [2.45, 2.75) is 19.3 Å². The van der Waals surface area contributed by atoms with E-state index in [4.69, 9.17) is 5.53 Å². The van der Waals surface area contributed by atoms with E-state index in [1.807, 2.05) is 0 Å². The zero-order valence-corrected chi connectivity index (χ0v) is 9.17. The SMILES string of the molecule is [N-]=[N+]=NCCCNC(=O)C1CC2C=CC1C2. The van der Waals surface area contributed by atoms with Crippen LogP contribution in [0.1, 0.15) is 19.3 Å². The molecule has 5 nitrogen and oxygen atoms in total. The van der Waals surface area contributed by atoms with Crippen molar-refractivity contribution in [2.75, 3.05) is 13.1 Å². The molecule has 3 unspecified atom stereocenters.